The van der Waals surface area contributed by atoms with Crippen LogP contribution in [0.4, 0.5) is 0 Å². The van der Waals surface area contributed by atoms with Gasteiger partial charge >= 0.3 is 0 Å². The van der Waals surface area contributed by atoms with Crippen LogP contribution >= 0.6 is 15.9 Å². The van der Waals surface area contributed by atoms with Crippen LogP contribution in [0.15, 0.2) is 24.5 Å². The fourth-order valence-electron chi connectivity index (χ4n) is 1.28. The Labute approximate surface area is 94.5 Å². The standard InChI is InChI=1S/C11H17BrN2/c1-10(12)5-7-14(2)9-11-4-3-6-13-8-11/h3-4,6,8,10H,5,7,9H2,1-2H3. The summed E-state index contributed by atoms with van der Waals surface area (Å²) in [6.45, 7) is 4.27. The van der Waals surface area contributed by atoms with Gasteiger partial charge in [0.15, 0.2) is 0 Å². The van der Waals surface area contributed by atoms with Gasteiger partial charge in [0.1, 0.15) is 0 Å². The number of nitrogens with zero attached hydrogens (tertiary/aromatic N) is 2. The Morgan fingerprint density at radius 1 is 1.57 bits per heavy atom. The van der Waals surface area contributed by atoms with Crippen molar-refractivity contribution in [1.29, 1.82) is 0 Å². The van der Waals surface area contributed by atoms with Crippen LogP contribution in [-0.2, 0) is 6.54 Å². The summed E-state index contributed by atoms with van der Waals surface area (Å²) < 4.78 is 0. The topological polar surface area (TPSA) is 16.1 Å². The van der Waals surface area contributed by atoms with Gasteiger partial charge in [-0.15, -0.1) is 0 Å². The minimum Gasteiger partial charge on any atom is -0.302 e. The zero-order valence-electron chi connectivity index (χ0n) is 8.78. The zero-order chi connectivity index (χ0) is 10.4. The van der Waals surface area contributed by atoms with Gasteiger partial charge in [-0.3, -0.25) is 4.98 Å². The first kappa shape index (κ1) is 11.7. The first-order valence-corrected chi connectivity index (χ1v) is 5.81. The predicted octanol–water partition coefficient (Wildman–Crippen LogP) is 2.69. The summed E-state index contributed by atoms with van der Waals surface area (Å²) in [6.07, 6.45) is 4.91. The Kier molecular flexibility index (Phi) is 5.12. The highest BCUT2D eigenvalue weighted by Gasteiger charge is 2.02. The molecule has 0 aromatic carbocycles. The van der Waals surface area contributed by atoms with Crippen LogP contribution in [0.1, 0.15) is 18.9 Å². The summed E-state index contributed by atoms with van der Waals surface area (Å²) in [7, 11) is 2.14. The van der Waals surface area contributed by atoms with Gasteiger partial charge in [0.25, 0.3) is 0 Å². The highest BCUT2D eigenvalue weighted by Crippen LogP contribution is 2.06. The van der Waals surface area contributed by atoms with Crippen molar-refractivity contribution in [3.05, 3.63) is 30.1 Å². The van der Waals surface area contributed by atoms with E-state index in [1.54, 1.807) is 0 Å². The lowest BCUT2D eigenvalue weighted by atomic mass is 10.2. The van der Waals surface area contributed by atoms with Crippen molar-refractivity contribution >= 4 is 15.9 Å². The molecule has 1 unspecified atom stereocenters. The van der Waals surface area contributed by atoms with Crippen LogP contribution in [-0.4, -0.2) is 28.3 Å². The van der Waals surface area contributed by atoms with Crippen LogP contribution in [0.5, 0.6) is 0 Å². The predicted molar refractivity (Wildman–Crippen MR) is 63.6 cm³/mol. The molecule has 0 radical (unpaired) electrons. The van der Waals surface area contributed by atoms with Crippen molar-refractivity contribution < 1.29 is 0 Å². The Balaban J connectivity index is 2.30. The lowest BCUT2D eigenvalue weighted by Crippen LogP contribution is -2.20. The van der Waals surface area contributed by atoms with E-state index in [4.69, 9.17) is 0 Å². The Hall–Kier alpha value is -0.410. The fourth-order valence-corrected chi connectivity index (χ4v) is 1.49. The third kappa shape index (κ3) is 4.72. The van der Waals surface area contributed by atoms with Gasteiger partial charge in [0.05, 0.1) is 0 Å². The summed E-state index contributed by atoms with van der Waals surface area (Å²) in [4.78, 5) is 7.01. The molecular formula is C11H17BrN2. The molecule has 3 heteroatoms. The van der Waals surface area contributed by atoms with Gasteiger partial charge in [-0.25, -0.2) is 0 Å². The molecule has 14 heavy (non-hydrogen) atoms. The van der Waals surface area contributed by atoms with Gasteiger partial charge in [0.2, 0.25) is 0 Å². The third-order valence-electron chi connectivity index (χ3n) is 2.08. The Morgan fingerprint density at radius 3 is 2.93 bits per heavy atom. The van der Waals surface area contributed by atoms with Gasteiger partial charge in [-0.1, -0.05) is 28.9 Å². The molecular weight excluding hydrogens is 240 g/mol. The van der Waals surface area contributed by atoms with Crippen LogP contribution in [0.3, 0.4) is 0 Å². The highest BCUT2D eigenvalue weighted by molar-refractivity contribution is 9.09. The maximum atomic E-state index is 4.10. The number of pyridine rings is 1. The molecule has 1 aromatic rings. The van der Waals surface area contributed by atoms with Crippen LogP contribution in [0.2, 0.25) is 0 Å². The van der Waals surface area contributed by atoms with E-state index < -0.39 is 0 Å². The molecule has 1 aromatic heterocycles. The molecule has 0 saturated heterocycles. The van der Waals surface area contributed by atoms with Gasteiger partial charge in [-0.05, 0) is 31.6 Å². The molecule has 78 valence electrons. The SMILES string of the molecule is CC(Br)CCN(C)Cc1cccnc1. The zero-order valence-corrected chi connectivity index (χ0v) is 10.4. The monoisotopic (exact) mass is 256 g/mol. The van der Waals surface area contributed by atoms with E-state index in [0.29, 0.717) is 4.83 Å². The molecule has 0 aliphatic rings. The van der Waals surface area contributed by atoms with Crippen LogP contribution < -0.4 is 0 Å². The van der Waals surface area contributed by atoms with Crippen molar-refractivity contribution in [1.82, 2.24) is 9.88 Å². The van der Waals surface area contributed by atoms with E-state index in [9.17, 15) is 0 Å². The maximum absolute atomic E-state index is 4.10. The quantitative estimate of drug-likeness (QED) is 0.754. The van der Waals surface area contributed by atoms with Gasteiger partial charge in [-0.2, -0.15) is 0 Å². The van der Waals surface area contributed by atoms with Crippen molar-refractivity contribution in [2.24, 2.45) is 0 Å². The third-order valence-corrected chi connectivity index (χ3v) is 2.54. The van der Waals surface area contributed by atoms with E-state index >= 15 is 0 Å². The lowest BCUT2D eigenvalue weighted by Gasteiger charge is -2.16. The van der Waals surface area contributed by atoms with Crippen LogP contribution in [0, 0.1) is 0 Å². The van der Waals surface area contributed by atoms with Crippen LogP contribution in [0.25, 0.3) is 0 Å². The first-order chi connectivity index (χ1) is 6.68. The molecule has 0 N–H and O–H groups in total. The Morgan fingerprint density at radius 2 is 2.36 bits per heavy atom. The number of alkyl halides is 1. The van der Waals surface area contributed by atoms with E-state index in [2.05, 4.69) is 45.9 Å². The van der Waals surface area contributed by atoms with Gasteiger partial charge < -0.3 is 4.90 Å². The summed E-state index contributed by atoms with van der Waals surface area (Å²) in [5.74, 6) is 0. The number of hydrogen-bond acceptors (Lipinski definition) is 2. The minimum atomic E-state index is 0.596. The summed E-state index contributed by atoms with van der Waals surface area (Å²) in [5, 5.41) is 0. The second-order valence-corrected chi connectivity index (χ2v) is 5.23. The van der Waals surface area contributed by atoms with Gasteiger partial charge in [0, 0.05) is 23.8 Å². The molecule has 0 spiro atoms. The molecule has 0 aliphatic heterocycles. The molecule has 1 rings (SSSR count). The number of hydrogen-bond donors (Lipinski definition) is 0. The van der Waals surface area contributed by atoms with Crippen molar-refractivity contribution in [2.75, 3.05) is 13.6 Å². The maximum Gasteiger partial charge on any atom is 0.0312 e. The average molecular weight is 257 g/mol. The second-order valence-electron chi connectivity index (χ2n) is 3.67. The lowest BCUT2D eigenvalue weighted by molar-refractivity contribution is 0.322. The molecule has 2 nitrogen and oxygen atoms in total. The molecule has 1 heterocycles. The van der Waals surface area contributed by atoms with Crippen molar-refractivity contribution in [3.63, 3.8) is 0 Å². The molecule has 1 atom stereocenters. The average Bonchev–Trinajstić information content (AvgIpc) is 2.16. The molecule has 0 bridgehead atoms. The first-order valence-electron chi connectivity index (χ1n) is 4.90. The van der Waals surface area contributed by atoms with E-state index in [-0.39, 0.29) is 0 Å². The van der Waals surface area contributed by atoms with E-state index in [1.807, 2.05) is 18.5 Å². The Bertz CT molecular complexity index is 249. The molecule has 0 saturated carbocycles. The van der Waals surface area contributed by atoms with Crippen molar-refractivity contribution in [3.8, 4) is 0 Å². The van der Waals surface area contributed by atoms with E-state index in [0.717, 1.165) is 13.1 Å². The minimum absolute atomic E-state index is 0.596. The largest absolute Gasteiger partial charge is 0.302 e. The fraction of sp³-hybridized carbons (Fsp3) is 0.545. The number of halogens is 1. The highest BCUT2D eigenvalue weighted by atomic mass is 79.9. The summed E-state index contributed by atoms with van der Waals surface area (Å²) in [5.41, 5.74) is 1.28. The van der Waals surface area contributed by atoms with Crippen molar-refractivity contribution in [2.45, 2.75) is 24.7 Å². The molecule has 0 amide bonds. The number of aromatic nitrogens is 1. The number of rotatable bonds is 5. The summed E-state index contributed by atoms with van der Waals surface area (Å²) >= 11 is 3.55. The summed E-state index contributed by atoms with van der Waals surface area (Å²) in [6, 6.07) is 4.09. The smallest absolute Gasteiger partial charge is 0.0312 e. The molecule has 0 fully saturated rings. The normalized spacial score (nSPS) is 13.1. The van der Waals surface area contributed by atoms with E-state index in [1.165, 1.54) is 12.0 Å². The second kappa shape index (κ2) is 6.14. The molecule has 0 aliphatic carbocycles.